The maximum Gasteiger partial charge on any atom is 0.263 e. The Morgan fingerprint density at radius 2 is 1.83 bits per heavy atom. The predicted molar refractivity (Wildman–Crippen MR) is 114 cm³/mol. The topological polar surface area (TPSA) is 80.3 Å². The lowest BCUT2D eigenvalue weighted by Gasteiger charge is -2.08. The number of rotatable bonds is 9. The van der Waals surface area contributed by atoms with E-state index in [0.29, 0.717) is 30.9 Å². The molecule has 1 heterocycles. The van der Waals surface area contributed by atoms with Gasteiger partial charge in [0.2, 0.25) is 5.91 Å². The summed E-state index contributed by atoms with van der Waals surface area (Å²) in [4.78, 5) is 28.5. The number of aromatic nitrogens is 1. The largest absolute Gasteiger partial charge is 0.494 e. The summed E-state index contributed by atoms with van der Waals surface area (Å²) < 4.78 is 5.63. The first-order valence-electron chi connectivity index (χ1n) is 9.35. The highest BCUT2D eigenvalue weighted by molar-refractivity contribution is 7.11. The van der Waals surface area contributed by atoms with Crippen LogP contribution in [0.3, 0.4) is 0 Å². The molecule has 0 saturated heterocycles. The van der Waals surface area contributed by atoms with Gasteiger partial charge in [0.05, 0.1) is 18.3 Å². The van der Waals surface area contributed by atoms with Gasteiger partial charge in [-0.15, -0.1) is 11.3 Å². The van der Waals surface area contributed by atoms with E-state index in [2.05, 4.69) is 15.6 Å². The second-order valence-corrected chi connectivity index (χ2v) is 7.44. The second kappa shape index (κ2) is 10.4. The maximum absolute atomic E-state index is 12.1. The Bertz CT molecular complexity index is 923. The number of nitrogens with one attached hydrogen (secondary N) is 2. The van der Waals surface area contributed by atoms with Crippen molar-refractivity contribution in [1.29, 1.82) is 0 Å². The van der Waals surface area contributed by atoms with Crippen molar-refractivity contribution in [3.8, 4) is 5.75 Å². The predicted octanol–water partition coefficient (Wildman–Crippen LogP) is 4.18. The van der Waals surface area contributed by atoms with Crippen LogP contribution in [0.5, 0.6) is 5.75 Å². The summed E-state index contributed by atoms with van der Waals surface area (Å²) in [6.07, 6.45) is 2.57. The summed E-state index contributed by atoms with van der Waals surface area (Å²) in [6.45, 7) is 2.94. The average Bonchev–Trinajstić information content (AvgIpc) is 3.27. The average molecular weight is 410 g/mol. The lowest BCUT2D eigenvalue weighted by Crippen LogP contribution is -2.21. The number of aryl methyl sites for hydroxylation is 1. The monoisotopic (exact) mass is 409 g/mol. The highest BCUT2D eigenvalue weighted by Crippen LogP contribution is 2.13. The van der Waals surface area contributed by atoms with Gasteiger partial charge in [0, 0.05) is 18.7 Å². The third kappa shape index (κ3) is 6.73. The Morgan fingerprint density at radius 3 is 2.52 bits per heavy atom. The quantitative estimate of drug-likeness (QED) is 0.520. The first-order chi connectivity index (χ1) is 14.1. The Morgan fingerprint density at radius 1 is 1.07 bits per heavy atom. The molecule has 29 heavy (non-hydrogen) atoms. The minimum absolute atomic E-state index is 0.0521. The van der Waals surface area contributed by atoms with Crippen molar-refractivity contribution in [3.63, 3.8) is 0 Å². The Labute approximate surface area is 173 Å². The highest BCUT2D eigenvalue weighted by Gasteiger charge is 2.07. The molecule has 150 valence electrons. The second-order valence-electron chi connectivity index (χ2n) is 6.56. The van der Waals surface area contributed by atoms with Gasteiger partial charge < -0.3 is 15.4 Å². The van der Waals surface area contributed by atoms with Crippen molar-refractivity contribution in [2.24, 2.45) is 0 Å². The molecule has 3 aromatic rings. The van der Waals surface area contributed by atoms with E-state index in [-0.39, 0.29) is 11.8 Å². The third-order valence-electron chi connectivity index (χ3n) is 4.18. The third-order valence-corrected chi connectivity index (χ3v) is 4.96. The van der Waals surface area contributed by atoms with Gasteiger partial charge in [-0.05, 0) is 43.2 Å². The lowest BCUT2D eigenvalue weighted by atomic mass is 10.2. The number of hydrogen-bond donors (Lipinski definition) is 2. The summed E-state index contributed by atoms with van der Waals surface area (Å²) >= 11 is 1.30. The van der Waals surface area contributed by atoms with Crippen molar-refractivity contribution in [3.05, 3.63) is 76.2 Å². The molecule has 0 saturated carbocycles. The maximum atomic E-state index is 12.1. The van der Waals surface area contributed by atoms with Crippen LogP contribution in [0, 0.1) is 6.92 Å². The van der Waals surface area contributed by atoms with Crippen LogP contribution in [0.4, 0.5) is 5.69 Å². The van der Waals surface area contributed by atoms with E-state index in [9.17, 15) is 9.59 Å². The van der Waals surface area contributed by atoms with Crippen molar-refractivity contribution >= 4 is 28.8 Å². The molecule has 2 amide bonds. The minimum Gasteiger partial charge on any atom is -0.494 e. The molecule has 1 aromatic heterocycles. The van der Waals surface area contributed by atoms with Gasteiger partial charge in [-0.1, -0.05) is 29.8 Å². The van der Waals surface area contributed by atoms with Crippen LogP contribution in [0.1, 0.15) is 33.6 Å². The molecule has 2 aromatic carbocycles. The van der Waals surface area contributed by atoms with Crippen molar-refractivity contribution in [2.45, 2.75) is 26.3 Å². The lowest BCUT2D eigenvalue weighted by molar-refractivity contribution is -0.116. The highest BCUT2D eigenvalue weighted by atomic mass is 32.1. The molecule has 0 aliphatic carbocycles. The fourth-order valence-corrected chi connectivity index (χ4v) is 3.12. The molecule has 0 aliphatic heterocycles. The van der Waals surface area contributed by atoms with E-state index in [1.807, 2.05) is 55.5 Å². The normalized spacial score (nSPS) is 10.4. The van der Waals surface area contributed by atoms with Crippen LogP contribution in [0.25, 0.3) is 0 Å². The molecule has 0 radical (unpaired) electrons. The van der Waals surface area contributed by atoms with Crippen molar-refractivity contribution in [1.82, 2.24) is 10.3 Å². The van der Waals surface area contributed by atoms with Crippen LogP contribution in [-0.2, 0) is 11.3 Å². The molecule has 0 fully saturated rings. The molecule has 0 spiro atoms. The van der Waals surface area contributed by atoms with Crippen LogP contribution in [-0.4, -0.2) is 23.4 Å². The Balaban J connectivity index is 1.35. The fourth-order valence-electron chi connectivity index (χ4n) is 2.58. The molecule has 7 heteroatoms. The Kier molecular flexibility index (Phi) is 7.35. The number of anilines is 1. The molecule has 0 aliphatic rings. The smallest absolute Gasteiger partial charge is 0.263 e. The van der Waals surface area contributed by atoms with Crippen molar-refractivity contribution < 1.29 is 14.3 Å². The van der Waals surface area contributed by atoms with Crippen LogP contribution < -0.4 is 15.4 Å². The molecule has 2 N–H and O–H groups in total. The van der Waals surface area contributed by atoms with Gasteiger partial charge in [-0.25, -0.2) is 0 Å². The zero-order valence-corrected chi connectivity index (χ0v) is 17.0. The first-order valence-corrected chi connectivity index (χ1v) is 10.2. The number of ether oxygens (including phenoxy) is 1. The van der Waals surface area contributed by atoms with Gasteiger partial charge in [-0.2, -0.15) is 0 Å². The van der Waals surface area contributed by atoms with Crippen LogP contribution in [0.15, 0.2) is 60.2 Å². The fraction of sp³-hybridized carbons (Fsp3) is 0.227. The number of carbonyl (C=O) groups excluding carboxylic acids is 2. The van der Waals surface area contributed by atoms with E-state index in [1.54, 1.807) is 11.7 Å². The molecule has 6 nitrogen and oxygen atoms in total. The number of carbonyl (C=O) groups is 2. The number of nitrogens with zero attached hydrogens (tertiary/aromatic N) is 1. The molecular formula is C22H23N3O3S. The van der Waals surface area contributed by atoms with Gasteiger partial charge in [0.15, 0.2) is 0 Å². The molecule has 0 atom stereocenters. The van der Waals surface area contributed by atoms with Crippen LogP contribution in [0.2, 0.25) is 0 Å². The SMILES string of the molecule is Cc1ccc(OCCCC(=O)Nc2ccc(CNC(=O)c3cncs3)cc2)cc1. The van der Waals surface area contributed by atoms with Gasteiger partial charge in [0.25, 0.3) is 5.91 Å². The minimum atomic E-state index is -0.141. The summed E-state index contributed by atoms with van der Waals surface area (Å²) in [5, 5.41) is 5.72. The molecule has 3 rings (SSSR count). The summed E-state index contributed by atoms with van der Waals surface area (Å²) in [5.74, 6) is 0.621. The zero-order valence-electron chi connectivity index (χ0n) is 16.2. The summed E-state index contributed by atoms with van der Waals surface area (Å²) in [6, 6.07) is 15.3. The first kappa shape index (κ1) is 20.5. The molecular weight excluding hydrogens is 386 g/mol. The van der Waals surface area contributed by atoms with E-state index < -0.39 is 0 Å². The van der Waals surface area contributed by atoms with E-state index in [1.165, 1.54) is 16.9 Å². The molecule has 0 unspecified atom stereocenters. The standard InChI is InChI=1S/C22H23N3O3S/c1-16-4-10-19(11-5-16)28-12-2-3-21(26)25-18-8-6-17(7-9-18)13-24-22(27)20-14-23-15-29-20/h4-11,14-15H,2-3,12-13H2,1H3,(H,24,27)(H,25,26). The number of benzene rings is 2. The van der Waals surface area contributed by atoms with Gasteiger partial charge in [0.1, 0.15) is 10.6 Å². The zero-order chi connectivity index (χ0) is 20.5. The van der Waals surface area contributed by atoms with E-state index in [0.717, 1.165) is 17.0 Å². The van der Waals surface area contributed by atoms with Crippen molar-refractivity contribution in [2.75, 3.05) is 11.9 Å². The number of thiazole rings is 1. The number of hydrogen-bond acceptors (Lipinski definition) is 5. The molecule has 0 bridgehead atoms. The van der Waals surface area contributed by atoms with Gasteiger partial charge >= 0.3 is 0 Å². The Hall–Kier alpha value is -3.19. The van der Waals surface area contributed by atoms with Crippen LogP contribution >= 0.6 is 11.3 Å². The van der Waals surface area contributed by atoms with E-state index >= 15 is 0 Å². The van der Waals surface area contributed by atoms with Gasteiger partial charge in [-0.3, -0.25) is 14.6 Å². The summed E-state index contributed by atoms with van der Waals surface area (Å²) in [5.41, 5.74) is 4.49. The number of amides is 2. The van der Waals surface area contributed by atoms with E-state index in [4.69, 9.17) is 4.74 Å². The summed E-state index contributed by atoms with van der Waals surface area (Å²) in [7, 11) is 0.